The summed E-state index contributed by atoms with van der Waals surface area (Å²) in [5.74, 6) is 0.894. The summed E-state index contributed by atoms with van der Waals surface area (Å²) in [6.07, 6.45) is 3.47. The van der Waals surface area contributed by atoms with E-state index in [9.17, 15) is 4.79 Å². The summed E-state index contributed by atoms with van der Waals surface area (Å²) in [6, 6.07) is -0.183. The number of carbonyl (C=O) groups excluding carboxylic acids is 1. The summed E-state index contributed by atoms with van der Waals surface area (Å²) in [5.41, 5.74) is 5.51. The minimum absolute atomic E-state index is 0.127. The Morgan fingerprint density at radius 1 is 1.78 bits per heavy atom. The van der Waals surface area contributed by atoms with Crippen molar-refractivity contribution in [1.82, 2.24) is 0 Å². The van der Waals surface area contributed by atoms with Gasteiger partial charge in [-0.05, 0) is 19.3 Å². The standard InChI is InChI=1S/C7H13NO/c1-5(9)7(8)4-6-2-3-6/h6-7H,2-4,8H2,1H3/t7-/m1/s1. The van der Waals surface area contributed by atoms with Gasteiger partial charge in [0, 0.05) is 0 Å². The van der Waals surface area contributed by atoms with Crippen LogP contribution in [0.5, 0.6) is 0 Å². The molecule has 52 valence electrons. The van der Waals surface area contributed by atoms with Crippen LogP contribution in [0.2, 0.25) is 0 Å². The summed E-state index contributed by atoms with van der Waals surface area (Å²) in [4.78, 5) is 10.6. The van der Waals surface area contributed by atoms with Gasteiger partial charge in [0.1, 0.15) is 5.78 Å². The Hall–Kier alpha value is -0.370. The molecule has 0 amide bonds. The summed E-state index contributed by atoms with van der Waals surface area (Å²) in [6.45, 7) is 1.56. The van der Waals surface area contributed by atoms with E-state index in [0.29, 0.717) is 0 Å². The summed E-state index contributed by atoms with van der Waals surface area (Å²) >= 11 is 0. The molecule has 0 radical (unpaired) electrons. The first kappa shape index (κ1) is 6.75. The van der Waals surface area contributed by atoms with Crippen LogP contribution in [0.15, 0.2) is 0 Å². The molecular weight excluding hydrogens is 114 g/mol. The van der Waals surface area contributed by atoms with E-state index in [4.69, 9.17) is 5.73 Å². The van der Waals surface area contributed by atoms with Crippen molar-refractivity contribution >= 4 is 5.78 Å². The Labute approximate surface area is 55.4 Å². The fraction of sp³-hybridized carbons (Fsp3) is 0.857. The second kappa shape index (κ2) is 2.48. The molecule has 1 fully saturated rings. The molecule has 1 atom stereocenters. The third kappa shape index (κ3) is 2.14. The minimum Gasteiger partial charge on any atom is -0.322 e. The molecule has 9 heavy (non-hydrogen) atoms. The number of carbonyl (C=O) groups is 1. The van der Waals surface area contributed by atoms with Gasteiger partial charge in [-0.25, -0.2) is 0 Å². The van der Waals surface area contributed by atoms with E-state index in [1.165, 1.54) is 12.8 Å². The topological polar surface area (TPSA) is 43.1 Å². The molecule has 1 rings (SSSR count). The molecule has 0 heterocycles. The van der Waals surface area contributed by atoms with Gasteiger partial charge in [0.2, 0.25) is 0 Å². The second-order valence-electron chi connectivity index (χ2n) is 2.90. The first-order valence-electron chi connectivity index (χ1n) is 3.46. The highest BCUT2D eigenvalue weighted by Gasteiger charge is 2.25. The molecule has 0 bridgehead atoms. The molecule has 0 saturated heterocycles. The summed E-state index contributed by atoms with van der Waals surface area (Å²) < 4.78 is 0. The van der Waals surface area contributed by atoms with Crippen LogP contribution in [-0.2, 0) is 4.79 Å². The minimum atomic E-state index is -0.183. The van der Waals surface area contributed by atoms with Crippen LogP contribution in [0.3, 0.4) is 0 Å². The highest BCUT2D eigenvalue weighted by molar-refractivity contribution is 5.81. The first-order chi connectivity index (χ1) is 4.20. The average Bonchev–Trinajstić information content (AvgIpc) is 2.50. The molecular formula is C7H13NO. The molecule has 0 aromatic carbocycles. The SMILES string of the molecule is CC(=O)[C@H](N)CC1CC1. The number of ketones is 1. The predicted molar refractivity (Wildman–Crippen MR) is 36.0 cm³/mol. The van der Waals surface area contributed by atoms with Crippen molar-refractivity contribution in [2.45, 2.75) is 32.2 Å². The quantitative estimate of drug-likeness (QED) is 0.606. The number of nitrogens with two attached hydrogens (primary N) is 1. The molecule has 2 nitrogen and oxygen atoms in total. The lowest BCUT2D eigenvalue weighted by molar-refractivity contribution is -0.118. The van der Waals surface area contributed by atoms with Crippen molar-refractivity contribution < 1.29 is 4.79 Å². The van der Waals surface area contributed by atoms with Crippen LogP contribution >= 0.6 is 0 Å². The Morgan fingerprint density at radius 2 is 2.33 bits per heavy atom. The number of hydrogen-bond acceptors (Lipinski definition) is 2. The Morgan fingerprint density at radius 3 is 2.67 bits per heavy atom. The lowest BCUT2D eigenvalue weighted by atomic mass is 10.1. The van der Waals surface area contributed by atoms with Crippen LogP contribution in [-0.4, -0.2) is 11.8 Å². The molecule has 0 aliphatic heterocycles. The fourth-order valence-electron chi connectivity index (χ4n) is 0.879. The predicted octanol–water partition coefficient (Wildman–Crippen LogP) is 0.703. The zero-order chi connectivity index (χ0) is 6.85. The maximum absolute atomic E-state index is 10.6. The van der Waals surface area contributed by atoms with Gasteiger partial charge in [-0.15, -0.1) is 0 Å². The lowest BCUT2D eigenvalue weighted by Gasteiger charge is -2.03. The van der Waals surface area contributed by atoms with Crippen LogP contribution in [0, 0.1) is 5.92 Å². The lowest BCUT2D eigenvalue weighted by Crippen LogP contribution is -2.28. The smallest absolute Gasteiger partial charge is 0.146 e. The summed E-state index contributed by atoms with van der Waals surface area (Å²) in [7, 11) is 0. The Bertz CT molecular complexity index is 118. The Kier molecular flexibility index (Phi) is 1.86. The number of Topliss-reactive ketones (excluding diaryl/α,β-unsaturated/α-hetero) is 1. The van der Waals surface area contributed by atoms with Crippen molar-refractivity contribution in [2.24, 2.45) is 11.7 Å². The molecule has 0 spiro atoms. The van der Waals surface area contributed by atoms with E-state index in [0.717, 1.165) is 12.3 Å². The van der Waals surface area contributed by atoms with E-state index in [1.807, 2.05) is 0 Å². The molecule has 0 unspecified atom stereocenters. The largest absolute Gasteiger partial charge is 0.322 e. The van der Waals surface area contributed by atoms with Crippen molar-refractivity contribution in [3.05, 3.63) is 0 Å². The number of hydrogen-bond donors (Lipinski definition) is 1. The second-order valence-corrected chi connectivity index (χ2v) is 2.90. The highest BCUT2D eigenvalue weighted by atomic mass is 16.1. The number of rotatable bonds is 3. The van der Waals surface area contributed by atoms with Gasteiger partial charge in [0.05, 0.1) is 6.04 Å². The molecule has 1 aliphatic rings. The van der Waals surface area contributed by atoms with Gasteiger partial charge in [-0.3, -0.25) is 4.79 Å². The van der Waals surface area contributed by atoms with E-state index < -0.39 is 0 Å². The molecule has 0 aromatic rings. The fourth-order valence-corrected chi connectivity index (χ4v) is 0.879. The van der Waals surface area contributed by atoms with Gasteiger partial charge in [-0.1, -0.05) is 12.8 Å². The maximum atomic E-state index is 10.6. The van der Waals surface area contributed by atoms with Crippen LogP contribution in [0.1, 0.15) is 26.2 Å². The van der Waals surface area contributed by atoms with Gasteiger partial charge < -0.3 is 5.73 Å². The molecule has 1 saturated carbocycles. The molecule has 2 heteroatoms. The zero-order valence-corrected chi connectivity index (χ0v) is 5.76. The van der Waals surface area contributed by atoms with E-state index >= 15 is 0 Å². The maximum Gasteiger partial charge on any atom is 0.146 e. The van der Waals surface area contributed by atoms with E-state index in [-0.39, 0.29) is 11.8 Å². The first-order valence-corrected chi connectivity index (χ1v) is 3.46. The van der Waals surface area contributed by atoms with E-state index in [2.05, 4.69) is 0 Å². The zero-order valence-electron chi connectivity index (χ0n) is 5.76. The highest BCUT2D eigenvalue weighted by Crippen LogP contribution is 2.33. The van der Waals surface area contributed by atoms with Gasteiger partial charge >= 0.3 is 0 Å². The van der Waals surface area contributed by atoms with Crippen LogP contribution in [0.25, 0.3) is 0 Å². The third-order valence-electron chi connectivity index (χ3n) is 1.81. The molecule has 0 aromatic heterocycles. The normalized spacial score (nSPS) is 21.6. The van der Waals surface area contributed by atoms with Crippen LogP contribution < -0.4 is 5.73 Å². The molecule has 2 N–H and O–H groups in total. The van der Waals surface area contributed by atoms with Crippen molar-refractivity contribution in [3.63, 3.8) is 0 Å². The third-order valence-corrected chi connectivity index (χ3v) is 1.81. The Balaban J connectivity index is 2.16. The monoisotopic (exact) mass is 127 g/mol. The van der Waals surface area contributed by atoms with Crippen molar-refractivity contribution in [2.75, 3.05) is 0 Å². The van der Waals surface area contributed by atoms with Crippen molar-refractivity contribution in [1.29, 1.82) is 0 Å². The van der Waals surface area contributed by atoms with Gasteiger partial charge in [0.15, 0.2) is 0 Å². The van der Waals surface area contributed by atoms with Crippen LogP contribution in [0.4, 0.5) is 0 Å². The summed E-state index contributed by atoms with van der Waals surface area (Å²) in [5, 5.41) is 0. The van der Waals surface area contributed by atoms with Gasteiger partial charge in [-0.2, -0.15) is 0 Å². The van der Waals surface area contributed by atoms with Gasteiger partial charge in [0.25, 0.3) is 0 Å². The van der Waals surface area contributed by atoms with E-state index in [1.54, 1.807) is 6.92 Å². The average molecular weight is 127 g/mol. The van der Waals surface area contributed by atoms with Crippen molar-refractivity contribution in [3.8, 4) is 0 Å². The molecule has 1 aliphatic carbocycles.